The number of carbonyl (C=O) groups is 1. The van der Waals surface area contributed by atoms with Crippen molar-refractivity contribution in [3.05, 3.63) is 57.6 Å². The highest BCUT2D eigenvalue weighted by molar-refractivity contribution is 7.99. The van der Waals surface area contributed by atoms with Crippen molar-refractivity contribution < 1.29 is 23.2 Å². The number of benzene rings is 2. The number of aliphatic carboxylic acids is 1. The van der Waals surface area contributed by atoms with Crippen LogP contribution in [0.15, 0.2) is 46.2 Å². The summed E-state index contributed by atoms with van der Waals surface area (Å²) < 4.78 is 28.0. The van der Waals surface area contributed by atoms with E-state index in [1.165, 1.54) is 36.9 Å². The van der Waals surface area contributed by atoms with E-state index in [0.29, 0.717) is 10.6 Å². The molecule has 0 unspecified atom stereocenters. The van der Waals surface area contributed by atoms with E-state index in [2.05, 4.69) is 4.72 Å². The first-order valence-corrected chi connectivity index (χ1v) is 10.3. The lowest BCUT2D eigenvalue weighted by molar-refractivity contribution is -0.385. The van der Waals surface area contributed by atoms with Crippen molar-refractivity contribution in [2.75, 3.05) is 10.5 Å². The van der Waals surface area contributed by atoms with Crippen LogP contribution in [0.5, 0.6) is 0 Å². The number of thioether (sulfide) groups is 1. The Hall–Kier alpha value is -2.59. The van der Waals surface area contributed by atoms with Crippen LogP contribution in [0.2, 0.25) is 0 Å². The van der Waals surface area contributed by atoms with E-state index in [1.807, 2.05) is 6.92 Å². The molecule has 0 bridgehead atoms. The van der Waals surface area contributed by atoms with Gasteiger partial charge in [0, 0.05) is 22.3 Å². The summed E-state index contributed by atoms with van der Waals surface area (Å²) in [5, 5.41) is 19.8. The number of nitrogens with one attached hydrogen (secondary N) is 1. The van der Waals surface area contributed by atoms with Crippen LogP contribution in [0.4, 0.5) is 11.4 Å². The maximum Gasteiger partial charge on any atom is 0.304 e. The number of nitrogens with zero attached hydrogens (tertiary/aromatic N) is 1. The van der Waals surface area contributed by atoms with Crippen molar-refractivity contribution in [2.24, 2.45) is 0 Å². The Balaban J connectivity index is 2.37. The van der Waals surface area contributed by atoms with Gasteiger partial charge in [0.1, 0.15) is 0 Å². The molecule has 0 aliphatic rings. The van der Waals surface area contributed by atoms with Gasteiger partial charge in [0.15, 0.2) is 0 Å². The van der Waals surface area contributed by atoms with Gasteiger partial charge in [0.05, 0.1) is 21.9 Å². The Morgan fingerprint density at radius 2 is 1.96 bits per heavy atom. The Bertz CT molecular complexity index is 989. The van der Waals surface area contributed by atoms with Gasteiger partial charge in [-0.2, -0.15) is 0 Å². The number of hydrogen-bond donors (Lipinski definition) is 2. The molecular weight excluding hydrogens is 392 g/mol. The molecule has 2 rings (SSSR count). The van der Waals surface area contributed by atoms with Crippen molar-refractivity contribution in [2.45, 2.75) is 30.1 Å². The van der Waals surface area contributed by atoms with Gasteiger partial charge in [-0.1, -0.05) is 12.1 Å². The monoisotopic (exact) mass is 410 g/mol. The Morgan fingerprint density at radius 3 is 2.59 bits per heavy atom. The van der Waals surface area contributed by atoms with Gasteiger partial charge >= 0.3 is 5.97 Å². The lowest BCUT2D eigenvalue weighted by Gasteiger charge is -2.14. The van der Waals surface area contributed by atoms with Crippen LogP contribution >= 0.6 is 11.8 Å². The molecule has 8 nitrogen and oxygen atoms in total. The molecule has 27 heavy (non-hydrogen) atoms. The van der Waals surface area contributed by atoms with E-state index in [1.54, 1.807) is 18.2 Å². The predicted octanol–water partition coefficient (Wildman–Crippen LogP) is 3.58. The fraction of sp³-hybridized carbons (Fsp3) is 0.235. The summed E-state index contributed by atoms with van der Waals surface area (Å²) in [7, 11) is -4.06. The maximum atomic E-state index is 12.8. The molecule has 0 aliphatic carbocycles. The van der Waals surface area contributed by atoms with Gasteiger partial charge in [0.25, 0.3) is 15.7 Å². The minimum atomic E-state index is -4.06. The van der Waals surface area contributed by atoms with E-state index in [9.17, 15) is 23.3 Å². The normalized spacial score (nSPS) is 11.2. The van der Waals surface area contributed by atoms with Crippen LogP contribution in [-0.4, -0.2) is 30.2 Å². The molecule has 0 aliphatic heterocycles. The molecule has 0 atom stereocenters. The number of rotatable bonds is 8. The third-order valence-electron chi connectivity index (χ3n) is 3.70. The highest BCUT2D eigenvalue weighted by Gasteiger charge is 2.23. The van der Waals surface area contributed by atoms with E-state index < -0.39 is 20.9 Å². The number of sulfonamides is 1. The summed E-state index contributed by atoms with van der Waals surface area (Å²) in [5.41, 5.74) is 0.948. The summed E-state index contributed by atoms with van der Waals surface area (Å²) in [6, 6.07) is 8.92. The van der Waals surface area contributed by atoms with Gasteiger partial charge in [-0.25, -0.2) is 8.42 Å². The highest BCUT2D eigenvalue weighted by atomic mass is 32.2. The molecule has 0 heterocycles. The van der Waals surface area contributed by atoms with Gasteiger partial charge < -0.3 is 5.11 Å². The average Bonchev–Trinajstić information content (AvgIpc) is 2.56. The standard InChI is InChI=1S/C17H18N2O6S2/c1-11-6-7-13(15(10-11)26-9-8-17(20)21)18-27(24,25)16-5-3-4-14(12(16)2)19(22)23/h3-7,10,18H,8-9H2,1-2H3,(H,20,21). The second-order valence-electron chi connectivity index (χ2n) is 5.75. The fourth-order valence-corrected chi connectivity index (χ4v) is 4.82. The number of anilines is 1. The second kappa shape index (κ2) is 8.40. The zero-order valence-electron chi connectivity index (χ0n) is 14.6. The third kappa shape index (κ3) is 5.20. The van der Waals surface area contributed by atoms with Crippen LogP contribution in [0.25, 0.3) is 0 Å². The number of aryl methyl sites for hydroxylation is 1. The summed E-state index contributed by atoms with van der Waals surface area (Å²) in [4.78, 5) is 21.5. The lowest BCUT2D eigenvalue weighted by atomic mass is 10.2. The average molecular weight is 410 g/mol. The van der Waals surface area contributed by atoms with Crippen molar-refractivity contribution in [3.8, 4) is 0 Å². The quantitative estimate of drug-likeness (QED) is 0.387. The van der Waals surface area contributed by atoms with Crippen molar-refractivity contribution in [3.63, 3.8) is 0 Å². The largest absolute Gasteiger partial charge is 0.481 e. The number of hydrogen-bond acceptors (Lipinski definition) is 6. The first kappa shape index (κ1) is 20.7. The maximum absolute atomic E-state index is 12.8. The smallest absolute Gasteiger partial charge is 0.304 e. The van der Waals surface area contributed by atoms with Crippen LogP contribution in [0.1, 0.15) is 17.5 Å². The molecule has 2 aromatic carbocycles. The van der Waals surface area contributed by atoms with Gasteiger partial charge in [0.2, 0.25) is 0 Å². The topological polar surface area (TPSA) is 127 Å². The fourth-order valence-electron chi connectivity index (χ4n) is 2.37. The summed E-state index contributed by atoms with van der Waals surface area (Å²) in [6.07, 6.45) is -0.0607. The number of nitro benzene ring substituents is 1. The molecule has 144 valence electrons. The molecule has 0 saturated carbocycles. The van der Waals surface area contributed by atoms with Crippen LogP contribution in [-0.2, 0) is 14.8 Å². The highest BCUT2D eigenvalue weighted by Crippen LogP contribution is 2.32. The molecule has 0 saturated heterocycles. The second-order valence-corrected chi connectivity index (χ2v) is 8.54. The molecule has 2 N–H and O–H groups in total. The molecule has 0 radical (unpaired) electrons. The Morgan fingerprint density at radius 1 is 1.26 bits per heavy atom. The summed E-state index contributed by atoms with van der Waals surface area (Å²) >= 11 is 1.22. The molecular formula is C17H18N2O6S2. The Labute approximate surface area is 160 Å². The number of carboxylic acid groups (broad SMARTS) is 1. The molecule has 0 fully saturated rings. The van der Waals surface area contributed by atoms with Crippen LogP contribution in [0.3, 0.4) is 0 Å². The van der Waals surface area contributed by atoms with Crippen molar-refractivity contribution >= 4 is 39.1 Å². The molecule has 0 aromatic heterocycles. The molecule has 10 heteroatoms. The van der Waals surface area contributed by atoms with Crippen LogP contribution in [0, 0.1) is 24.0 Å². The van der Waals surface area contributed by atoms with Crippen molar-refractivity contribution in [1.29, 1.82) is 0 Å². The van der Waals surface area contributed by atoms with E-state index in [4.69, 9.17) is 5.11 Å². The van der Waals surface area contributed by atoms with E-state index >= 15 is 0 Å². The predicted molar refractivity (Wildman–Crippen MR) is 103 cm³/mol. The number of carboxylic acids is 1. The molecule has 0 amide bonds. The first-order chi connectivity index (χ1) is 12.6. The van der Waals surface area contributed by atoms with Gasteiger partial charge in [-0.05, 0) is 37.6 Å². The van der Waals surface area contributed by atoms with E-state index in [-0.39, 0.29) is 28.3 Å². The zero-order chi connectivity index (χ0) is 20.2. The van der Waals surface area contributed by atoms with E-state index in [0.717, 1.165) is 5.56 Å². The van der Waals surface area contributed by atoms with Crippen molar-refractivity contribution in [1.82, 2.24) is 0 Å². The third-order valence-corrected chi connectivity index (χ3v) is 6.26. The first-order valence-electron chi connectivity index (χ1n) is 7.84. The molecule has 2 aromatic rings. The van der Waals surface area contributed by atoms with Gasteiger partial charge in [-0.15, -0.1) is 11.8 Å². The molecule has 0 spiro atoms. The summed E-state index contributed by atoms with van der Waals surface area (Å²) in [5.74, 6) is -0.659. The summed E-state index contributed by atoms with van der Waals surface area (Å²) in [6.45, 7) is 3.22. The lowest BCUT2D eigenvalue weighted by Crippen LogP contribution is -2.15. The van der Waals surface area contributed by atoms with Gasteiger partial charge in [-0.3, -0.25) is 19.6 Å². The SMILES string of the molecule is Cc1ccc(NS(=O)(=O)c2cccc([N+](=O)[O-])c2C)c(SCCC(=O)O)c1. The van der Waals surface area contributed by atoms with Crippen LogP contribution < -0.4 is 4.72 Å². The minimum Gasteiger partial charge on any atom is -0.481 e. The zero-order valence-corrected chi connectivity index (χ0v) is 16.3. The number of nitro groups is 1. The Kier molecular flexibility index (Phi) is 6.45. The minimum absolute atomic E-state index is 0.0437.